The molecule has 3 heterocycles. The number of aromatic amines is 1. The number of carboxylic acids is 2. The van der Waals surface area contributed by atoms with E-state index in [9.17, 15) is 5.11 Å². The Morgan fingerprint density at radius 3 is 2.26 bits per heavy atom. The number of fused-ring (bicyclic) bond motifs is 3. The summed E-state index contributed by atoms with van der Waals surface area (Å²) in [5.41, 5.74) is 2.67. The first-order valence-electron chi connectivity index (χ1n) is 11.0. The predicted octanol–water partition coefficient (Wildman–Crippen LogP) is 4.00. The first-order chi connectivity index (χ1) is 16.2. The highest BCUT2D eigenvalue weighted by Gasteiger charge is 2.48. The molecular formula is C25H27ClN2O6. The molecule has 34 heavy (non-hydrogen) atoms. The summed E-state index contributed by atoms with van der Waals surface area (Å²) in [6, 6.07) is 14.7. The summed E-state index contributed by atoms with van der Waals surface area (Å²) in [6.07, 6.45) is 5.95. The van der Waals surface area contributed by atoms with Crippen LogP contribution in [0.25, 0.3) is 10.9 Å². The Balaban J connectivity index is 0.000000408. The number of nitrogens with one attached hydrogen (secondary N) is 1. The molecule has 2 aliphatic rings. The third-order valence-corrected chi connectivity index (χ3v) is 7.06. The topological polar surface area (TPSA) is 123 Å². The van der Waals surface area contributed by atoms with Gasteiger partial charge in [-0.25, -0.2) is 9.59 Å². The molecule has 3 aromatic rings. The van der Waals surface area contributed by atoms with Crippen molar-refractivity contribution in [2.45, 2.75) is 49.9 Å². The zero-order valence-corrected chi connectivity index (χ0v) is 19.5. The van der Waals surface area contributed by atoms with Crippen molar-refractivity contribution in [1.29, 1.82) is 0 Å². The Hall–Kier alpha value is -3.07. The van der Waals surface area contributed by atoms with Gasteiger partial charge in [0.2, 0.25) is 0 Å². The smallest absolute Gasteiger partial charge is 0.414 e. The fraction of sp³-hybridized carbons (Fsp3) is 0.360. The van der Waals surface area contributed by atoms with Crippen molar-refractivity contribution in [2.24, 2.45) is 0 Å². The molecule has 0 amide bonds. The molecule has 5 rings (SSSR count). The van der Waals surface area contributed by atoms with Crippen LogP contribution >= 0.6 is 11.6 Å². The maximum Gasteiger partial charge on any atom is 0.414 e. The van der Waals surface area contributed by atoms with E-state index in [1.54, 1.807) is 7.11 Å². The molecule has 4 N–H and O–H groups in total. The summed E-state index contributed by atoms with van der Waals surface area (Å²) in [5, 5.41) is 28.1. The number of carbonyl (C=O) groups is 2. The van der Waals surface area contributed by atoms with E-state index in [1.165, 1.54) is 10.9 Å². The Kier molecular flexibility index (Phi) is 6.84. The molecular weight excluding hydrogens is 460 g/mol. The third kappa shape index (κ3) is 4.89. The lowest BCUT2D eigenvalue weighted by molar-refractivity contribution is -0.159. The average molecular weight is 487 g/mol. The van der Waals surface area contributed by atoms with Crippen LogP contribution in [0.1, 0.15) is 36.8 Å². The second-order valence-electron chi connectivity index (χ2n) is 8.84. The summed E-state index contributed by atoms with van der Waals surface area (Å²) in [6.45, 7) is 0.902. The highest BCUT2D eigenvalue weighted by molar-refractivity contribution is 6.30. The Labute approximate surface area is 201 Å². The van der Waals surface area contributed by atoms with Gasteiger partial charge in [0.05, 0.1) is 12.7 Å². The van der Waals surface area contributed by atoms with E-state index in [0.717, 1.165) is 49.1 Å². The van der Waals surface area contributed by atoms with E-state index in [1.807, 2.05) is 30.3 Å². The fourth-order valence-corrected chi connectivity index (χ4v) is 5.31. The van der Waals surface area contributed by atoms with Gasteiger partial charge in [-0.15, -0.1) is 0 Å². The van der Waals surface area contributed by atoms with Gasteiger partial charge in [-0.3, -0.25) is 4.90 Å². The lowest BCUT2D eigenvalue weighted by Crippen LogP contribution is -2.49. The zero-order valence-electron chi connectivity index (χ0n) is 18.7. The minimum atomic E-state index is -1.82. The van der Waals surface area contributed by atoms with Crippen LogP contribution in [0.15, 0.2) is 48.7 Å². The molecule has 2 aliphatic heterocycles. The lowest BCUT2D eigenvalue weighted by atomic mass is 9.80. The Morgan fingerprint density at radius 1 is 1.09 bits per heavy atom. The number of rotatable bonds is 4. The summed E-state index contributed by atoms with van der Waals surface area (Å²) >= 11 is 6.04. The van der Waals surface area contributed by atoms with Crippen LogP contribution in [0.4, 0.5) is 0 Å². The van der Waals surface area contributed by atoms with Gasteiger partial charge in [0.25, 0.3) is 0 Å². The van der Waals surface area contributed by atoms with Crippen molar-refractivity contribution in [3.8, 4) is 5.75 Å². The van der Waals surface area contributed by atoms with E-state index < -0.39 is 17.5 Å². The summed E-state index contributed by atoms with van der Waals surface area (Å²) in [5.74, 6) is -2.77. The van der Waals surface area contributed by atoms with Crippen LogP contribution in [0.5, 0.6) is 5.75 Å². The number of carboxylic acid groups (broad SMARTS) is 2. The van der Waals surface area contributed by atoms with Crippen LogP contribution in [0.3, 0.4) is 0 Å². The molecule has 9 heteroatoms. The molecule has 0 spiro atoms. The van der Waals surface area contributed by atoms with Gasteiger partial charge in [-0.1, -0.05) is 23.7 Å². The lowest BCUT2D eigenvalue weighted by Gasteiger charge is -2.44. The summed E-state index contributed by atoms with van der Waals surface area (Å²) in [4.78, 5) is 24.2. The normalized spacial score (nSPS) is 23.9. The first-order valence-corrected chi connectivity index (χ1v) is 11.4. The van der Waals surface area contributed by atoms with E-state index in [4.69, 9.17) is 36.1 Å². The number of halogens is 1. The van der Waals surface area contributed by atoms with E-state index in [0.29, 0.717) is 17.1 Å². The highest BCUT2D eigenvalue weighted by atomic mass is 35.5. The van der Waals surface area contributed by atoms with Gasteiger partial charge in [-0.2, -0.15) is 0 Å². The number of hydrogen-bond donors (Lipinski definition) is 4. The van der Waals surface area contributed by atoms with E-state index in [2.05, 4.69) is 28.2 Å². The van der Waals surface area contributed by atoms with Gasteiger partial charge in [0.1, 0.15) is 5.75 Å². The number of ether oxygens (including phenoxy) is 1. The average Bonchev–Trinajstić information content (AvgIpc) is 3.32. The third-order valence-electron chi connectivity index (χ3n) is 6.81. The molecule has 180 valence electrons. The molecule has 1 unspecified atom stereocenters. The molecule has 2 saturated heterocycles. The van der Waals surface area contributed by atoms with Crippen molar-refractivity contribution in [2.75, 3.05) is 7.11 Å². The number of H-pyrrole nitrogens is 1. The first kappa shape index (κ1) is 24.1. The molecule has 1 aromatic heterocycles. The number of hydrogen-bond acceptors (Lipinski definition) is 5. The van der Waals surface area contributed by atoms with Crippen molar-refractivity contribution >= 4 is 34.4 Å². The van der Waals surface area contributed by atoms with Gasteiger partial charge in [0, 0.05) is 40.8 Å². The van der Waals surface area contributed by atoms with E-state index in [-0.39, 0.29) is 0 Å². The molecule has 0 aliphatic carbocycles. The van der Waals surface area contributed by atoms with Gasteiger partial charge < -0.3 is 25.0 Å². The van der Waals surface area contributed by atoms with Crippen molar-refractivity contribution in [3.63, 3.8) is 0 Å². The quantitative estimate of drug-likeness (QED) is 0.411. The fourth-order valence-electron chi connectivity index (χ4n) is 5.18. The van der Waals surface area contributed by atoms with Crippen LogP contribution in [-0.4, -0.2) is 56.3 Å². The van der Waals surface area contributed by atoms with Crippen LogP contribution in [0.2, 0.25) is 5.02 Å². The number of piperidine rings is 1. The molecule has 2 aromatic carbocycles. The largest absolute Gasteiger partial charge is 0.497 e. The zero-order chi connectivity index (χ0) is 24.5. The molecule has 2 fully saturated rings. The van der Waals surface area contributed by atoms with Gasteiger partial charge in [-0.05, 0) is 67.1 Å². The standard InChI is InChI=1S/C23H25ClN2O2.C2H2O4/c1-28-20-8-9-22-21(10-20)15(13-25-22)14-26-18-6-7-19(26)12-23(27,11-18)16-2-4-17(24)5-3-16;3-1(4)2(5)6/h2-5,8-10,13,18-19,25,27H,6-7,11-12,14H2,1H3;(H,3,4)(H,5,6)/t18-,19+,23?;. The second kappa shape index (κ2) is 9.66. The number of benzene rings is 2. The maximum absolute atomic E-state index is 11.4. The summed E-state index contributed by atoms with van der Waals surface area (Å²) in [7, 11) is 1.70. The Morgan fingerprint density at radius 2 is 1.71 bits per heavy atom. The molecule has 3 atom stereocenters. The van der Waals surface area contributed by atoms with E-state index >= 15 is 0 Å². The maximum atomic E-state index is 11.4. The molecule has 0 radical (unpaired) electrons. The molecule has 8 nitrogen and oxygen atoms in total. The van der Waals surface area contributed by atoms with Gasteiger partial charge in [0.15, 0.2) is 0 Å². The highest BCUT2D eigenvalue weighted by Crippen LogP contribution is 2.46. The number of aliphatic hydroxyl groups is 1. The monoisotopic (exact) mass is 486 g/mol. The molecule has 0 saturated carbocycles. The van der Waals surface area contributed by atoms with Crippen LogP contribution in [-0.2, 0) is 21.7 Å². The summed E-state index contributed by atoms with van der Waals surface area (Å²) < 4.78 is 5.41. The Bertz CT molecular complexity index is 1170. The molecule has 2 bridgehead atoms. The SMILES string of the molecule is COc1ccc2[nH]cc(CN3[C@@H]4CC[C@H]3CC(O)(c3ccc(Cl)cc3)C4)c2c1.O=C(O)C(=O)O. The van der Waals surface area contributed by atoms with Crippen molar-refractivity contribution in [1.82, 2.24) is 9.88 Å². The number of nitrogens with zero attached hydrogens (tertiary/aromatic N) is 1. The van der Waals surface area contributed by atoms with Crippen molar-refractivity contribution in [3.05, 3.63) is 64.8 Å². The number of methoxy groups -OCH3 is 1. The van der Waals surface area contributed by atoms with Gasteiger partial charge >= 0.3 is 11.9 Å². The second-order valence-corrected chi connectivity index (χ2v) is 9.28. The van der Waals surface area contributed by atoms with Crippen LogP contribution < -0.4 is 4.74 Å². The predicted molar refractivity (Wildman–Crippen MR) is 127 cm³/mol. The number of aliphatic carboxylic acids is 2. The number of aromatic nitrogens is 1. The minimum Gasteiger partial charge on any atom is -0.497 e. The minimum absolute atomic E-state index is 0.398. The van der Waals surface area contributed by atoms with Crippen molar-refractivity contribution < 1.29 is 29.6 Å². The van der Waals surface area contributed by atoms with Crippen LogP contribution in [0, 0.1) is 0 Å².